The highest BCUT2D eigenvalue weighted by atomic mass is 15.1. The van der Waals surface area contributed by atoms with Crippen LogP contribution in [0.3, 0.4) is 0 Å². The van der Waals surface area contributed by atoms with Gasteiger partial charge in [-0.25, -0.2) is 4.98 Å². The fraction of sp³-hybridized carbons (Fsp3) is 0.769. The Balaban J connectivity index is 2.64. The molecule has 1 heterocycles. The lowest BCUT2D eigenvalue weighted by Crippen LogP contribution is -2.35. The maximum atomic E-state index is 4.23. The first-order valence-electron chi connectivity index (χ1n) is 5.91. The van der Waals surface area contributed by atoms with E-state index in [2.05, 4.69) is 56.4 Å². The summed E-state index contributed by atoms with van der Waals surface area (Å²) in [6.07, 6.45) is 3.87. The van der Waals surface area contributed by atoms with Gasteiger partial charge in [-0.15, -0.1) is 0 Å². The molecule has 1 rings (SSSR count). The third-order valence-electron chi connectivity index (χ3n) is 2.24. The molecule has 1 aromatic rings. The van der Waals surface area contributed by atoms with Crippen molar-refractivity contribution in [3.63, 3.8) is 0 Å². The molecule has 0 unspecified atom stereocenters. The first-order valence-corrected chi connectivity index (χ1v) is 5.91. The van der Waals surface area contributed by atoms with E-state index in [-0.39, 0.29) is 11.0 Å². The van der Waals surface area contributed by atoms with E-state index in [1.54, 1.807) is 0 Å². The smallest absolute Gasteiger partial charge is 0.0948 e. The van der Waals surface area contributed by atoms with Gasteiger partial charge in [-0.05, 0) is 26.2 Å². The zero-order chi connectivity index (χ0) is 12.4. The SMILES string of the molecule is CC(C)(C)Cn1cncc1CNC(C)(C)C. The van der Waals surface area contributed by atoms with E-state index < -0.39 is 0 Å². The summed E-state index contributed by atoms with van der Waals surface area (Å²) in [5, 5.41) is 3.49. The Morgan fingerprint density at radius 3 is 2.31 bits per heavy atom. The topological polar surface area (TPSA) is 29.9 Å². The Bertz CT molecular complexity index is 326. The molecule has 0 aliphatic carbocycles. The van der Waals surface area contributed by atoms with Crippen molar-refractivity contribution in [2.75, 3.05) is 0 Å². The van der Waals surface area contributed by atoms with Crippen molar-refractivity contribution in [3.8, 4) is 0 Å². The van der Waals surface area contributed by atoms with Crippen molar-refractivity contribution >= 4 is 0 Å². The average molecular weight is 223 g/mol. The van der Waals surface area contributed by atoms with Crippen LogP contribution in [0.5, 0.6) is 0 Å². The van der Waals surface area contributed by atoms with Crippen LogP contribution in [0, 0.1) is 5.41 Å². The molecule has 3 nitrogen and oxygen atoms in total. The molecule has 0 saturated heterocycles. The van der Waals surface area contributed by atoms with Gasteiger partial charge >= 0.3 is 0 Å². The molecule has 0 bridgehead atoms. The predicted molar refractivity (Wildman–Crippen MR) is 68.3 cm³/mol. The highest BCUT2D eigenvalue weighted by Gasteiger charge is 2.15. The Kier molecular flexibility index (Phi) is 3.79. The number of hydrogen-bond donors (Lipinski definition) is 1. The molecule has 16 heavy (non-hydrogen) atoms. The van der Waals surface area contributed by atoms with E-state index in [1.165, 1.54) is 5.69 Å². The van der Waals surface area contributed by atoms with Gasteiger partial charge in [0, 0.05) is 24.8 Å². The molecule has 1 aromatic heterocycles. The van der Waals surface area contributed by atoms with Crippen LogP contribution in [-0.2, 0) is 13.1 Å². The molecule has 0 atom stereocenters. The number of aromatic nitrogens is 2. The van der Waals surface area contributed by atoms with Crippen LogP contribution >= 0.6 is 0 Å². The first-order chi connectivity index (χ1) is 7.17. The van der Waals surface area contributed by atoms with E-state index in [4.69, 9.17) is 0 Å². The van der Waals surface area contributed by atoms with Crippen LogP contribution in [0.25, 0.3) is 0 Å². The molecular formula is C13H25N3. The number of hydrogen-bond acceptors (Lipinski definition) is 2. The van der Waals surface area contributed by atoms with Gasteiger partial charge in [-0.3, -0.25) is 0 Å². The molecule has 92 valence electrons. The zero-order valence-corrected chi connectivity index (χ0v) is 11.5. The largest absolute Gasteiger partial charge is 0.333 e. The monoisotopic (exact) mass is 223 g/mol. The van der Waals surface area contributed by atoms with E-state index in [9.17, 15) is 0 Å². The van der Waals surface area contributed by atoms with E-state index >= 15 is 0 Å². The summed E-state index contributed by atoms with van der Waals surface area (Å²) < 4.78 is 2.23. The van der Waals surface area contributed by atoms with Gasteiger partial charge in [-0.2, -0.15) is 0 Å². The highest BCUT2D eigenvalue weighted by Crippen LogP contribution is 2.17. The number of nitrogens with zero attached hydrogens (tertiary/aromatic N) is 2. The van der Waals surface area contributed by atoms with Gasteiger partial charge in [0.1, 0.15) is 0 Å². The summed E-state index contributed by atoms with van der Waals surface area (Å²) in [7, 11) is 0. The van der Waals surface area contributed by atoms with Crippen LogP contribution in [0.4, 0.5) is 0 Å². The minimum atomic E-state index is 0.150. The first kappa shape index (κ1) is 13.2. The lowest BCUT2D eigenvalue weighted by molar-refractivity contribution is 0.332. The van der Waals surface area contributed by atoms with Gasteiger partial charge in [0.15, 0.2) is 0 Å². The maximum Gasteiger partial charge on any atom is 0.0948 e. The van der Waals surface area contributed by atoms with Crippen LogP contribution in [-0.4, -0.2) is 15.1 Å². The normalized spacial score (nSPS) is 13.1. The second kappa shape index (κ2) is 4.58. The number of rotatable bonds is 3. The molecular weight excluding hydrogens is 198 g/mol. The van der Waals surface area contributed by atoms with Gasteiger partial charge < -0.3 is 9.88 Å². The Labute approximate surface area is 99.3 Å². The number of imidazole rings is 1. The second-order valence-electron chi connectivity index (χ2n) is 6.68. The molecule has 0 spiro atoms. The summed E-state index contributed by atoms with van der Waals surface area (Å²) in [6, 6.07) is 0. The fourth-order valence-corrected chi connectivity index (χ4v) is 1.50. The minimum Gasteiger partial charge on any atom is -0.333 e. The molecule has 0 aromatic carbocycles. The number of nitrogens with one attached hydrogen (secondary N) is 1. The van der Waals surface area contributed by atoms with Crippen molar-refractivity contribution in [2.45, 2.75) is 60.2 Å². The Hall–Kier alpha value is -0.830. The Morgan fingerprint density at radius 2 is 1.81 bits per heavy atom. The second-order valence-corrected chi connectivity index (χ2v) is 6.68. The summed E-state index contributed by atoms with van der Waals surface area (Å²) in [5.74, 6) is 0. The molecule has 0 amide bonds. The van der Waals surface area contributed by atoms with Crippen molar-refractivity contribution in [1.29, 1.82) is 0 Å². The Morgan fingerprint density at radius 1 is 1.19 bits per heavy atom. The van der Waals surface area contributed by atoms with Crippen LogP contribution in [0.2, 0.25) is 0 Å². The third kappa shape index (κ3) is 4.79. The highest BCUT2D eigenvalue weighted by molar-refractivity contribution is 4.99. The molecule has 0 saturated carbocycles. The van der Waals surface area contributed by atoms with Crippen molar-refractivity contribution in [2.24, 2.45) is 5.41 Å². The summed E-state index contributed by atoms with van der Waals surface area (Å²) in [5.41, 5.74) is 1.69. The van der Waals surface area contributed by atoms with E-state index in [0.717, 1.165) is 13.1 Å². The summed E-state index contributed by atoms with van der Waals surface area (Å²) >= 11 is 0. The van der Waals surface area contributed by atoms with Crippen LogP contribution in [0.15, 0.2) is 12.5 Å². The van der Waals surface area contributed by atoms with Gasteiger partial charge in [0.2, 0.25) is 0 Å². The molecule has 3 heteroatoms. The molecule has 0 fully saturated rings. The molecule has 1 N–H and O–H groups in total. The van der Waals surface area contributed by atoms with Crippen LogP contribution in [0.1, 0.15) is 47.2 Å². The molecule has 0 radical (unpaired) electrons. The summed E-state index contributed by atoms with van der Waals surface area (Å²) in [4.78, 5) is 4.23. The van der Waals surface area contributed by atoms with Crippen molar-refractivity contribution in [1.82, 2.24) is 14.9 Å². The van der Waals surface area contributed by atoms with Gasteiger partial charge in [0.05, 0.1) is 12.0 Å². The van der Waals surface area contributed by atoms with E-state index in [1.807, 2.05) is 12.5 Å². The minimum absolute atomic E-state index is 0.150. The average Bonchev–Trinajstić information content (AvgIpc) is 2.44. The molecule has 0 aliphatic rings. The molecule has 0 aliphatic heterocycles. The standard InChI is InChI=1S/C13H25N3/c1-12(2,3)9-16-10-14-7-11(16)8-15-13(4,5)6/h7,10,15H,8-9H2,1-6H3. The van der Waals surface area contributed by atoms with Crippen molar-refractivity contribution in [3.05, 3.63) is 18.2 Å². The fourth-order valence-electron chi connectivity index (χ4n) is 1.50. The van der Waals surface area contributed by atoms with Gasteiger partial charge in [-0.1, -0.05) is 20.8 Å². The van der Waals surface area contributed by atoms with E-state index in [0.29, 0.717) is 0 Å². The van der Waals surface area contributed by atoms with Crippen LogP contribution < -0.4 is 5.32 Å². The van der Waals surface area contributed by atoms with Gasteiger partial charge in [0.25, 0.3) is 0 Å². The lowest BCUT2D eigenvalue weighted by atomic mass is 9.97. The predicted octanol–water partition coefficient (Wildman–Crippen LogP) is 2.82. The summed E-state index contributed by atoms with van der Waals surface area (Å²) in [6.45, 7) is 15.1. The quantitative estimate of drug-likeness (QED) is 0.854. The maximum absolute atomic E-state index is 4.23. The third-order valence-corrected chi connectivity index (χ3v) is 2.24. The lowest BCUT2D eigenvalue weighted by Gasteiger charge is -2.23. The zero-order valence-electron chi connectivity index (χ0n) is 11.5. The van der Waals surface area contributed by atoms with Crippen molar-refractivity contribution < 1.29 is 0 Å².